The van der Waals surface area contributed by atoms with E-state index in [1.807, 2.05) is 0 Å². The molecule has 21 heavy (non-hydrogen) atoms. The van der Waals surface area contributed by atoms with E-state index in [-0.39, 0.29) is 28.8 Å². The summed E-state index contributed by atoms with van der Waals surface area (Å²) in [4.78, 5) is 9.79. The van der Waals surface area contributed by atoms with Crippen molar-refractivity contribution >= 4 is 27.3 Å². The number of halogens is 1. The van der Waals surface area contributed by atoms with E-state index in [0.717, 1.165) is 16.4 Å². The number of unbranched alkanes of at least 4 members (excludes halogenated alkanes) is 2. The van der Waals surface area contributed by atoms with Gasteiger partial charge in [-0.15, -0.1) is 0 Å². The quantitative estimate of drug-likeness (QED) is 0.444. The number of nitrogens with zero attached hydrogens (tertiary/aromatic N) is 2. The normalized spacial score (nSPS) is 11.8. The zero-order chi connectivity index (χ0) is 16.0. The minimum Gasteiger partial charge on any atom is -0.396 e. The summed E-state index contributed by atoms with van der Waals surface area (Å²) in [5, 5.41) is 19.4. The molecule has 0 fully saturated rings. The van der Waals surface area contributed by atoms with Crippen LogP contribution < -0.4 is 0 Å². The van der Waals surface area contributed by atoms with E-state index >= 15 is 0 Å². The van der Waals surface area contributed by atoms with Crippen molar-refractivity contribution in [2.45, 2.75) is 24.2 Å². The molecule has 118 valence electrons. The summed E-state index contributed by atoms with van der Waals surface area (Å²) >= 11 is 5.85. The topological polar surface area (TPSA) is 101 Å². The Morgan fingerprint density at radius 3 is 2.57 bits per heavy atom. The Morgan fingerprint density at radius 1 is 1.33 bits per heavy atom. The SMILES string of the molecule is CN(CCCCCO)S(=O)(=O)c1cc([N+](=O)[O-])ccc1Cl. The van der Waals surface area contributed by atoms with Crippen molar-refractivity contribution in [2.75, 3.05) is 20.2 Å². The number of hydrogen-bond acceptors (Lipinski definition) is 5. The lowest BCUT2D eigenvalue weighted by Gasteiger charge is -2.17. The van der Waals surface area contributed by atoms with Crippen molar-refractivity contribution in [3.8, 4) is 0 Å². The minimum atomic E-state index is -3.88. The number of non-ortho nitro benzene ring substituents is 1. The number of sulfonamides is 1. The van der Waals surface area contributed by atoms with Gasteiger partial charge in [0.2, 0.25) is 10.0 Å². The molecular weight excluding hydrogens is 320 g/mol. The van der Waals surface area contributed by atoms with Crippen LogP contribution in [0, 0.1) is 10.1 Å². The van der Waals surface area contributed by atoms with Crippen molar-refractivity contribution in [2.24, 2.45) is 0 Å². The molecular formula is C12H17ClN2O5S. The van der Waals surface area contributed by atoms with Gasteiger partial charge >= 0.3 is 0 Å². The molecule has 9 heteroatoms. The predicted molar refractivity (Wildman–Crippen MR) is 78.9 cm³/mol. The van der Waals surface area contributed by atoms with Crippen molar-refractivity contribution in [3.63, 3.8) is 0 Å². The van der Waals surface area contributed by atoms with Crippen molar-refractivity contribution in [1.29, 1.82) is 0 Å². The highest BCUT2D eigenvalue weighted by atomic mass is 35.5. The fourth-order valence-electron chi connectivity index (χ4n) is 1.71. The van der Waals surface area contributed by atoms with Crippen LogP contribution in [0.15, 0.2) is 23.1 Å². The molecule has 0 saturated heterocycles. The molecule has 0 heterocycles. The van der Waals surface area contributed by atoms with Crippen molar-refractivity contribution in [1.82, 2.24) is 4.31 Å². The third-order valence-electron chi connectivity index (χ3n) is 2.94. The molecule has 0 saturated carbocycles. The number of hydrogen-bond donors (Lipinski definition) is 1. The van der Waals surface area contributed by atoms with Crippen LogP contribution in [0.4, 0.5) is 5.69 Å². The Bertz CT molecular complexity index is 606. The second-order valence-electron chi connectivity index (χ2n) is 4.48. The van der Waals surface area contributed by atoms with Gasteiger partial charge in [0.25, 0.3) is 5.69 Å². The Balaban J connectivity index is 2.96. The molecule has 1 aromatic carbocycles. The predicted octanol–water partition coefficient (Wildman–Crippen LogP) is 2.03. The van der Waals surface area contributed by atoms with Crippen LogP contribution in [0.5, 0.6) is 0 Å². The molecule has 0 aliphatic rings. The number of nitro benzene ring substituents is 1. The number of benzene rings is 1. The smallest absolute Gasteiger partial charge is 0.270 e. The molecule has 1 rings (SSSR count). The van der Waals surface area contributed by atoms with Gasteiger partial charge in [-0.2, -0.15) is 0 Å². The molecule has 0 amide bonds. The van der Waals surface area contributed by atoms with Gasteiger partial charge in [-0.25, -0.2) is 12.7 Å². The summed E-state index contributed by atoms with van der Waals surface area (Å²) in [7, 11) is -2.49. The largest absolute Gasteiger partial charge is 0.396 e. The highest BCUT2D eigenvalue weighted by Gasteiger charge is 2.25. The summed E-state index contributed by atoms with van der Waals surface area (Å²) in [6.45, 7) is 0.314. The number of nitro groups is 1. The lowest BCUT2D eigenvalue weighted by Crippen LogP contribution is -2.28. The van der Waals surface area contributed by atoms with Crippen LogP contribution in [-0.2, 0) is 10.0 Å². The van der Waals surface area contributed by atoms with Gasteiger partial charge in [-0.1, -0.05) is 11.6 Å². The molecule has 0 unspecified atom stereocenters. The van der Waals surface area contributed by atoms with Crippen LogP contribution >= 0.6 is 11.6 Å². The highest BCUT2D eigenvalue weighted by Crippen LogP contribution is 2.28. The number of rotatable bonds is 8. The van der Waals surface area contributed by atoms with Crippen LogP contribution in [0.2, 0.25) is 5.02 Å². The summed E-state index contributed by atoms with van der Waals surface area (Å²) in [6, 6.07) is 3.32. The van der Waals surface area contributed by atoms with Gasteiger partial charge in [0.1, 0.15) is 4.90 Å². The molecule has 7 nitrogen and oxygen atoms in total. The molecule has 0 bridgehead atoms. The number of aliphatic hydroxyl groups excluding tert-OH is 1. The van der Waals surface area contributed by atoms with Gasteiger partial charge in [-0.3, -0.25) is 10.1 Å². The highest BCUT2D eigenvalue weighted by molar-refractivity contribution is 7.89. The van der Waals surface area contributed by atoms with Crippen molar-refractivity contribution in [3.05, 3.63) is 33.3 Å². The maximum absolute atomic E-state index is 12.4. The maximum Gasteiger partial charge on any atom is 0.270 e. The van der Waals surface area contributed by atoms with E-state index in [9.17, 15) is 18.5 Å². The maximum atomic E-state index is 12.4. The van der Waals surface area contributed by atoms with Crippen LogP contribution in [0.25, 0.3) is 0 Å². The molecule has 0 aliphatic carbocycles. The second kappa shape index (κ2) is 7.69. The van der Waals surface area contributed by atoms with Gasteiger partial charge in [0.05, 0.1) is 9.95 Å². The summed E-state index contributed by atoms with van der Waals surface area (Å²) in [5.41, 5.74) is -0.327. The minimum absolute atomic E-state index is 0.0530. The Hall–Kier alpha value is -1.22. The summed E-state index contributed by atoms with van der Waals surface area (Å²) in [5.74, 6) is 0. The van der Waals surface area contributed by atoms with Gasteiger partial charge in [0, 0.05) is 32.3 Å². The first-order valence-electron chi connectivity index (χ1n) is 6.32. The molecule has 1 aromatic rings. The van der Waals surface area contributed by atoms with Gasteiger partial charge in [-0.05, 0) is 25.3 Å². The number of aliphatic hydroxyl groups is 1. The second-order valence-corrected chi connectivity index (χ2v) is 6.90. The van der Waals surface area contributed by atoms with Crippen LogP contribution in [0.1, 0.15) is 19.3 Å². The third-order valence-corrected chi connectivity index (χ3v) is 5.28. The molecule has 0 atom stereocenters. The first kappa shape index (κ1) is 17.8. The van der Waals surface area contributed by atoms with Crippen LogP contribution in [0.3, 0.4) is 0 Å². The standard InChI is InChI=1S/C12H17ClN2O5S/c1-14(7-3-2-4-8-16)21(19,20)12-9-10(15(17)18)5-6-11(12)13/h5-6,9,16H,2-4,7-8H2,1H3. The van der Waals surface area contributed by atoms with Gasteiger partial charge < -0.3 is 5.11 Å². The average Bonchev–Trinajstić information content (AvgIpc) is 2.43. The monoisotopic (exact) mass is 336 g/mol. The average molecular weight is 337 g/mol. The molecule has 0 aromatic heterocycles. The van der Waals surface area contributed by atoms with E-state index in [1.54, 1.807) is 0 Å². The van der Waals surface area contributed by atoms with E-state index in [1.165, 1.54) is 13.1 Å². The molecule has 1 N–H and O–H groups in total. The van der Waals surface area contributed by atoms with E-state index < -0.39 is 14.9 Å². The molecule has 0 radical (unpaired) electrons. The Kier molecular flexibility index (Phi) is 6.53. The third kappa shape index (κ3) is 4.63. The first-order valence-corrected chi connectivity index (χ1v) is 8.13. The Labute approximate surface area is 128 Å². The zero-order valence-electron chi connectivity index (χ0n) is 11.5. The summed E-state index contributed by atoms with van der Waals surface area (Å²) < 4.78 is 25.8. The lowest BCUT2D eigenvalue weighted by atomic mass is 10.2. The lowest BCUT2D eigenvalue weighted by molar-refractivity contribution is -0.385. The van der Waals surface area contributed by atoms with E-state index in [2.05, 4.69) is 0 Å². The summed E-state index contributed by atoms with van der Waals surface area (Å²) in [6.07, 6.45) is 1.88. The fourth-order valence-corrected chi connectivity index (χ4v) is 3.41. The zero-order valence-corrected chi connectivity index (χ0v) is 13.1. The Morgan fingerprint density at radius 2 is 2.00 bits per heavy atom. The molecule has 0 spiro atoms. The first-order chi connectivity index (χ1) is 9.80. The molecule has 0 aliphatic heterocycles. The fraction of sp³-hybridized carbons (Fsp3) is 0.500. The van der Waals surface area contributed by atoms with E-state index in [4.69, 9.17) is 16.7 Å². The van der Waals surface area contributed by atoms with Crippen molar-refractivity contribution < 1.29 is 18.4 Å². The van der Waals surface area contributed by atoms with Gasteiger partial charge in [0.15, 0.2) is 0 Å². The van der Waals surface area contributed by atoms with Crippen LogP contribution in [-0.4, -0.2) is 43.0 Å². The van der Waals surface area contributed by atoms with E-state index in [0.29, 0.717) is 19.3 Å².